The number of hydrogen-bond acceptors (Lipinski definition) is 5. The van der Waals surface area contributed by atoms with E-state index in [1.165, 1.54) is 5.56 Å². The molecule has 0 bridgehead atoms. The van der Waals surface area contributed by atoms with Crippen molar-refractivity contribution in [1.82, 2.24) is 20.2 Å². The quantitative estimate of drug-likeness (QED) is 0.256. The van der Waals surface area contributed by atoms with E-state index in [1.54, 1.807) is 18.2 Å². The second-order valence-electron chi connectivity index (χ2n) is 9.87. The predicted molar refractivity (Wildman–Crippen MR) is 154 cm³/mol. The Balaban J connectivity index is 1.25. The number of fused-ring (bicyclic) bond motifs is 1. The van der Waals surface area contributed by atoms with E-state index in [1.807, 2.05) is 42.9 Å². The van der Waals surface area contributed by atoms with Crippen LogP contribution in [0.25, 0.3) is 0 Å². The normalized spacial score (nSPS) is 15.1. The smallest absolute Gasteiger partial charge is 0.255 e. The fourth-order valence-corrected chi connectivity index (χ4v) is 5.08. The second kappa shape index (κ2) is 12.8. The highest BCUT2D eigenvalue weighted by Gasteiger charge is 2.28. The van der Waals surface area contributed by atoms with Crippen LogP contribution in [0.2, 0.25) is 5.02 Å². The number of hydrogen-bond donors (Lipinski definition) is 3. The summed E-state index contributed by atoms with van der Waals surface area (Å²) in [5, 5.41) is 7.01. The van der Waals surface area contributed by atoms with Crippen molar-refractivity contribution in [2.24, 2.45) is 5.73 Å². The minimum Gasteiger partial charge on any atom is -0.492 e. The average molecular weight is 558 g/mol. The molecule has 2 unspecified atom stereocenters. The molecule has 206 valence electrons. The summed E-state index contributed by atoms with van der Waals surface area (Å²) in [4.78, 5) is 29.8. The van der Waals surface area contributed by atoms with Crippen LogP contribution < -0.4 is 21.1 Å². The molecule has 3 aromatic carbocycles. The molecule has 0 spiro atoms. The van der Waals surface area contributed by atoms with Gasteiger partial charge in [0.05, 0.1) is 24.2 Å². The van der Waals surface area contributed by atoms with Gasteiger partial charge in [-0.05, 0) is 35.7 Å². The van der Waals surface area contributed by atoms with E-state index in [-0.39, 0.29) is 12.5 Å². The first kappa shape index (κ1) is 27.4. The lowest BCUT2D eigenvalue weighted by Gasteiger charge is -2.28. The molecule has 8 nitrogen and oxygen atoms in total. The van der Waals surface area contributed by atoms with E-state index in [2.05, 4.69) is 44.5 Å². The number of aromatic nitrogens is 2. The van der Waals surface area contributed by atoms with Crippen LogP contribution in [0.1, 0.15) is 45.2 Å². The summed E-state index contributed by atoms with van der Waals surface area (Å²) >= 11 is 5.97. The number of para-hydroxylation sites is 1. The standard InChI is InChI=1S/C31H32ClN5O3/c32-23-11-9-22(10-12-23)17-28(30(33)38)36-31(39)26-8-4-7-25-27(14-16-40-29(25)26)35-19-24-18-34-20-37(24)15-13-21-5-2-1-3-6-21/h1-12,18,20,27-28,35H,13-17,19H2,(H2,33,38)(H,36,39). The van der Waals surface area contributed by atoms with E-state index in [0.717, 1.165) is 36.2 Å². The number of rotatable bonds is 11. The molecule has 0 radical (unpaired) electrons. The molecular weight excluding hydrogens is 526 g/mol. The van der Waals surface area contributed by atoms with E-state index in [4.69, 9.17) is 22.1 Å². The zero-order valence-electron chi connectivity index (χ0n) is 22.1. The van der Waals surface area contributed by atoms with Gasteiger partial charge in [-0.3, -0.25) is 9.59 Å². The summed E-state index contributed by atoms with van der Waals surface area (Å²) in [6.07, 6.45) is 5.69. The molecule has 0 saturated heterocycles. The highest BCUT2D eigenvalue weighted by molar-refractivity contribution is 6.30. The maximum atomic E-state index is 13.3. The van der Waals surface area contributed by atoms with Gasteiger partial charge >= 0.3 is 0 Å². The summed E-state index contributed by atoms with van der Waals surface area (Å²) in [6, 6.07) is 22.1. The SMILES string of the molecule is NC(=O)C(Cc1ccc(Cl)cc1)NC(=O)c1cccc2c1OCCC2NCc1cncn1CCc1ccccc1. The molecule has 1 aliphatic rings. The van der Waals surface area contributed by atoms with Crippen molar-refractivity contribution in [3.8, 4) is 5.75 Å². The van der Waals surface area contributed by atoms with Gasteiger partial charge in [-0.25, -0.2) is 4.98 Å². The van der Waals surface area contributed by atoms with Gasteiger partial charge in [-0.2, -0.15) is 0 Å². The van der Waals surface area contributed by atoms with Gasteiger partial charge in [0.2, 0.25) is 5.91 Å². The molecule has 2 heterocycles. The number of benzene rings is 3. The van der Waals surface area contributed by atoms with Crippen LogP contribution in [0, 0.1) is 0 Å². The molecule has 9 heteroatoms. The topological polar surface area (TPSA) is 111 Å². The van der Waals surface area contributed by atoms with E-state index in [0.29, 0.717) is 29.5 Å². The third kappa shape index (κ3) is 6.70. The van der Waals surface area contributed by atoms with Crippen molar-refractivity contribution in [1.29, 1.82) is 0 Å². The molecule has 0 saturated carbocycles. The van der Waals surface area contributed by atoms with Gasteiger partial charge in [0, 0.05) is 48.8 Å². The number of nitrogens with two attached hydrogens (primary N) is 1. The summed E-state index contributed by atoms with van der Waals surface area (Å²) < 4.78 is 8.14. The minimum atomic E-state index is -0.877. The Hall–Kier alpha value is -4.14. The molecule has 2 amide bonds. The van der Waals surface area contributed by atoms with Crippen LogP contribution in [-0.2, 0) is 30.7 Å². The Morgan fingerprint density at radius 2 is 1.85 bits per heavy atom. The first-order valence-corrected chi connectivity index (χ1v) is 13.7. The van der Waals surface area contributed by atoms with Crippen LogP contribution >= 0.6 is 11.6 Å². The summed E-state index contributed by atoms with van der Waals surface area (Å²) in [5.74, 6) is -0.497. The number of carbonyl (C=O) groups is 2. The number of halogens is 1. The lowest BCUT2D eigenvalue weighted by molar-refractivity contribution is -0.119. The Morgan fingerprint density at radius 3 is 2.62 bits per heavy atom. The zero-order chi connectivity index (χ0) is 27.9. The van der Waals surface area contributed by atoms with Gasteiger partial charge in [-0.15, -0.1) is 0 Å². The lowest BCUT2D eigenvalue weighted by Crippen LogP contribution is -2.46. The number of aryl methyl sites for hydroxylation is 2. The van der Waals surface area contributed by atoms with Crippen molar-refractivity contribution >= 4 is 23.4 Å². The van der Waals surface area contributed by atoms with Crippen molar-refractivity contribution in [2.45, 2.75) is 44.4 Å². The summed E-state index contributed by atoms with van der Waals surface area (Å²) in [6.45, 7) is 1.93. The maximum Gasteiger partial charge on any atom is 0.255 e. The van der Waals surface area contributed by atoms with Crippen LogP contribution in [0.5, 0.6) is 5.75 Å². The van der Waals surface area contributed by atoms with Gasteiger partial charge in [0.15, 0.2) is 0 Å². The molecule has 4 aromatic rings. The molecule has 1 aromatic heterocycles. The van der Waals surface area contributed by atoms with Crippen molar-refractivity contribution < 1.29 is 14.3 Å². The Morgan fingerprint density at radius 1 is 1.05 bits per heavy atom. The third-order valence-electron chi connectivity index (χ3n) is 7.13. The number of carbonyl (C=O) groups excluding carboxylic acids is 2. The zero-order valence-corrected chi connectivity index (χ0v) is 22.8. The minimum absolute atomic E-state index is 0.00465. The summed E-state index contributed by atoms with van der Waals surface area (Å²) in [5.41, 5.74) is 10.1. The lowest BCUT2D eigenvalue weighted by atomic mass is 9.96. The molecule has 4 N–H and O–H groups in total. The number of primary amides is 1. The second-order valence-corrected chi connectivity index (χ2v) is 10.3. The van der Waals surface area contributed by atoms with E-state index < -0.39 is 17.9 Å². The number of nitrogens with zero attached hydrogens (tertiary/aromatic N) is 2. The van der Waals surface area contributed by atoms with Crippen LogP contribution in [0.3, 0.4) is 0 Å². The predicted octanol–water partition coefficient (Wildman–Crippen LogP) is 4.22. The highest BCUT2D eigenvalue weighted by atomic mass is 35.5. The average Bonchev–Trinajstić information content (AvgIpc) is 3.43. The maximum absolute atomic E-state index is 13.3. The monoisotopic (exact) mass is 557 g/mol. The Kier molecular flexibility index (Phi) is 8.78. The highest BCUT2D eigenvalue weighted by Crippen LogP contribution is 2.35. The molecule has 1 aliphatic heterocycles. The van der Waals surface area contributed by atoms with Crippen LogP contribution in [0.4, 0.5) is 0 Å². The molecule has 5 rings (SSSR count). The molecule has 0 aliphatic carbocycles. The molecule has 40 heavy (non-hydrogen) atoms. The number of imidazole rings is 1. The molecule has 0 fully saturated rings. The van der Waals surface area contributed by atoms with E-state index in [9.17, 15) is 9.59 Å². The number of amides is 2. The largest absolute Gasteiger partial charge is 0.492 e. The van der Waals surface area contributed by atoms with Gasteiger partial charge in [-0.1, -0.05) is 66.2 Å². The first-order valence-electron chi connectivity index (χ1n) is 13.3. The van der Waals surface area contributed by atoms with Gasteiger partial charge in [0.1, 0.15) is 11.8 Å². The third-order valence-corrected chi connectivity index (χ3v) is 7.38. The fourth-order valence-electron chi connectivity index (χ4n) is 4.95. The van der Waals surface area contributed by atoms with Crippen molar-refractivity contribution in [2.75, 3.05) is 6.61 Å². The van der Waals surface area contributed by atoms with Gasteiger partial charge in [0.25, 0.3) is 5.91 Å². The van der Waals surface area contributed by atoms with Crippen molar-refractivity contribution in [3.63, 3.8) is 0 Å². The number of ether oxygens (including phenoxy) is 1. The van der Waals surface area contributed by atoms with Crippen LogP contribution in [0.15, 0.2) is 85.3 Å². The van der Waals surface area contributed by atoms with Crippen LogP contribution in [-0.4, -0.2) is 34.0 Å². The van der Waals surface area contributed by atoms with Gasteiger partial charge < -0.3 is 25.7 Å². The summed E-state index contributed by atoms with van der Waals surface area (Å²) in [7, 11) is 0. The Bertz CT molecular complexity index is 1460. The van der Waals surface area contributed by atoms with Crippen molar-refractivity contribution in [3.05, 3.63) is 118 Å². The van der Waals surface area contributed by atoms with E-state index >= 15 is 0 Å². The Labute approximate surface area is 238 Å². The number of nitrogens with one attached hydrogen (secondary N) is 2. The fraction of sp³-hybridized carbons (Fsp3) is 0.258. The molecular formula is C31H32ClN5O3. The molecule has 2 atom stereocenters. The first-order chi connectivity index (χ1) is 19.5.